The molecule has 0 aromatic heterocycles. The van der Waals surface area contributed by atoms with Crippen LogP contribution in [0.1, 0.15) is 11.1 Å². The van der Waals surface area contributed by atoms with Crippen molar-refractivity contribution in [2.75, 3.05) is 18.7 Å². The first kappa shape index (κ1) is 16.1. The molecule has 1 heterocycles. The maximum absolute atomic E-state index is 11.8. The van der Waals surface area contributed by atoms with Crippen LogP contribution in [0.3, 0.4) is 0 Å². The van der Waals surface area contributed by atoms with Crippen LogP contribution in [0.4, 0.5) is 5.69 Å². The van der Waals surface area contributed by atoms with Crippen LogP contribution >= 0.6 is 11.6 Å². The van der Waals surface area contributed by atoms with Gasteiger partial charge >= 0.3 is 0 Å². The fraction of sp³-hybridized carbons (Fsp3) is 0.176. The van der Waals surface area contributed by atoms with Crippen LogP contribution in [-0.2, 0) is 4.79 Å². The Labute approximate surface area is 144 Å². The summed E-state index contributed by atoms with van der Waals surface area (Å²) in [5, 5.41) is 7.44. The lowest BCUT2D eigenvalue weighted by molar-refractivity contribution is -0.119. The number of carbonyl (C=O) groups excluding carboxylic acids is 1. The number of nitrogens with zero attached hydrogens (tertiary/aromatic N) is 1. The molecule has 1 aliphatic rings. The van der Waals surface area contributed by atoms with E-state index in [0.29, 0.717) is 22.1 Å². The summed E-state index contributed by atoms with van der Waals surface area (Å²) < 4.78 is 10.5. The fourth-order valence-electron chi connectivity index (χ4n) is 2.19. The number of para-hydroxylation sites is 1. The van der Waals surface area contributed by atoms with Gasteiger partial charge in [-0.25, -0.2) is 5.43 Å². The molecule has 124 valence electrons. The molecule has 0 spiro atoms. The highest BCUT2D eigenvalue weighted by molar-refractivity contribution is 6.33. The maximum atomic E-state index is 11.8. The van der Waals surface area contributed by atoms with Crippen molar-refractivity contribution >= 4 is 29.4 Å². The third-order valence-electron chi connectivity index (χ3n) is 3.47. The van der Waals surface area contributed by atoms with E-state index in [1.807, 2.05) is 31.2 Å². The van der Waals surface area contributed by atoms with Gasteiger partial charge in [-0.1, -0.05) is 29.8 Å². The summed E-state index contributed by atoms with van der Waals surface area (Å²) in [5.74, 6) is 0.948. The minimum absolute atomic E-state index is 0.122. The van der Waals surface area contributed by atoms with Gasteiger partial charge in [0.15, 0.2) is 11.5 Å². The number of ether oxygens (including phenoxy) is 2. The van der Waals surface area contributed by atoms with E-state index in [1.165, 1.54) is 6.21 Å². The van der Waals surface area contributed by atoms with E-state index >= 15 is 0 Å². The van der Waals surface area contributed by atoms with Gasteiger partial charge in [-0.05, 0) is 24.6 Å². The van der Waals surface area contributed by atoms with Crippen LogP contribution in [0.15, 0.2) is 41.5 Å². The number of rotatable bonds is 5. The van der Waals surface area contributed by atoms with E-state index in [-0.39, 0.29) is 19.2 Å². The third-order valence-corrected chi connectivity index (χ3v) is 3.80. The van der Waals surface area contributed by atoms with Gasteiger partial charge in [0.1, 0.15) is 0 Å². The Kier molecular flexibility index (Phi) is 4.86. The predicted octanol–water partition coefficient (Wildman–Crippen LogP) is 2.94. The Hall–Kier alpha value is -2.73. The Bertz CT molecular complexity index is 793. The van der Waals surface area contributed by atoms with Crippen molar-refractivity contribution < 1.29 is 14.3 Å². The maximum Gasteiger partial charge on any atom is 0.259 e. The number of benzene rings is 2. The zero-order chi connectivity index (χ0) is 16.9. The summed E-state index contributed by atoms with van der Waals surface area (Å²) in [5.41, 5.74) is 5.07. The van der Waals surface area contributed by atoms with Gasteiger partial charge < -0.3 is 14.8 Å². The summed E-state index contributed by atoms with van der Waals surface area (Å²) in [6, 6.07) is 11.1. The average Bonchev–Trinajstić information content (AvgIpc) is 3.01. The lowest BCUT2D eigenvalue weighted by Crippen LogP contribution is -2.26. The van der Waals surface area contributed by atoms with E-state index in [1.54, 1.807) is 12.1 Å². The molecular formula is C17H16ClN3O3. The van der Waals surface area contributed by atoms with Gasteiger partial charge in [-0.3, -0.25) is 4.79 Å². The molecule has 0 fully saturated rings. The summed E-state index contributed by atoms with van der Waals surface area (Å²) in [6.45, 7) is 2.27. The molecule has 6 nitrogen and oxygen atoms in total. The lowest BCUT2D eigenvalue weighted by Gasteiger charge is -2.07. The molecule has 3 rings (SSSR count). The Morgan fingerprint density at radius 1 is 1.29 bits per heavy atom. The second-order valence-electron chi connectivity index (χ2n) is 5.19. The molecule has 0 unspecified atom stereocenters. The predicted molar refractivity (Wildman–Crippen MR) is 93.0 cm³/mol. The van der Waals surface area contributed by atoms with E-state index in [9.17, 15) is 4.79 Å². The van der Waals surface area contributed by atoms with Crippen LogP contribution < -0.4 is 20.2 Å². The highest BCUT2D eigenvalue weighted by Crippen LogP contribution is 2.36. The van der Waals surface area contributed by atoms with E-state index in [0.717, 1.165) is 11.3 Å². The van der Waals surface area contributed by atoms with E-state index in [2.05, 4.69) is 15.8 Å². The quantitative estimate of drug-likeness (QED) is 0.645. The molecular weight excluding hydrogens is 330 g/mol. The Morgan fingerprint density at radius 2 is 2.04 bits per heavy atom. The molecule has 1 amide bonds. The van der Waals surface area contributed by atoms with Crippen molar-refractivity contribution in [2.24, 2.45) is 5.10 Å². The van der Waals surface area contributed by atoms with Crippen LogP contribution in [0, 0.1) is 6.92 Å². The van der Waals surface area contributed by atoms with Gasteiger partial charge in [0.2, 0.25) is 6.79 Å². The van der Waals surface area contributed by atoms with Crippen LogP contribution in [-0.4, -0.2) is 25.5 Å². The minimum atomic E-state index is -0.258. The highest BCUT2D eigenvalue weighted by atomic mass is 35.5. The fourth-order valence-corrected chi connectivity index (χ4v) is 2.39. The topological polar surface area (TPSA) is 72.0 Å². The molecule has 0 atom stereocenters. The molecule has 7 heteroatoms. The Morgan fingerprint density at radius 3 is 2.83 bits per heavy atom. The highest BCUT2D eigenvalue weighted by Gasteiger charge is 2.15. The number of fused-ring (bicyclic) bond motifs is 1. The molecule has 0 saturated carbocycles. The second kappa shape index (κ2) is 7.23. The normalized spacial score (nSPS) is 12.4. The van der Waals surface area contributed by atoms with Crippen LogP contribution in [0.5, 0.6) is 11.5 Å². The second-order valence-corrected chi connectivity index (χ2v) is 5.60. The molecule has 2 aromatic rings. The van der Waals surface area contributed by atoms with Crippen molar-refractivity contribution in [2.45, 2.75) is 6.92 Å². The van der Waals surface area contributed by atoms with Gasteiger partial charge in [-0.2, -0.15) is 5.10 Å². The standard InChI is InChI=1S/C17H16ClN3O3/c1-11-4-2-3-5-14(11)19-9-17(22)21-20-8-12-6-15-16(7-13(12)18)24-10-23-15/h2-8,19H,9-10H2,1H3,(H,21,22). The van der Waals surface area contributed by atoms with E-state index in [4.69, 9.17) is 21.1 Å². The van der Waals surface area contributed by atoms with Crippen molar-refractivity contribution in [1.82, 2.24) is 5.43 Å². The van der Waals surface area contributed by atoms with Crippen LogP contribution in [0.25, 0.3) is 0 Å². The van der Waals surface area contributed by atoms with Gasteiger partial charge in [-0.15, -0.1) is 0 Å². The minimum Gasteiger partial charge on any atom is -0.454 e. The van der Waals surface area contributed by atoms with Crippen molar-refractivity contribution in [1.29, 1.82) is 0 Å². The summed E-state index contributed by atoms with van der Waals surface area (Å²) in [4.78, 5) is 11.8. The summed E-state index contributed by atoms with van der Waals surface area (Å²) >= 11 is 6.13. The number of hydrogen-bond donors (Lipinski definition) is 2. The monoisotopic (exact) mass is 345 g/mol. The number of anilines is 1. The van der Waals surface area contributed by atoms with Crippen molar-refractivity contribution in [3.63, 3.8) is 0 Å². The zero-order valence-electron chi connectivity index (χ0n) is 13.0. The summed E-state index contributed by atoms with van der Waals surface area (Å²) in [6.07, 6.45) is 1.47. The van der Waals surface area contributed by atoms with Crippen molar-refractivity contribution in [3.8, 4) is 11.5 Å². The lowest BCUT2D eigenvalue weighted by atomic mass is 10.2. The number of hydrazone groups is 1. The first-order valence-electron chi connectivity index (χ1n) is 7.34. The first-order valence-corrected chi connectivity index (χ1v) is 7.72. The molecule has 0 radical (unpaired) electrons. The molecule has 0 aliphatic carbocycles. The zero-order valence-corrected chi connectivity index (χ0v) is 13.8. The Balaban J connectivity index is 1.55. The molecule has 2 aromatic carbocycles. The van der Waals surface area contributed by atoms with Gasteiger partial charge in [0.25, 0.3) is 5.91 Å². The molecule has 0 bridgehead atoms. The number of carbonyl (C=O) groups is 1. The van der Waals surface area contributed by atoms with Gasteiger partial charge in [0.05, 0.1) is 17.8 Å². The third kappa shape index (κ3) is 3.78. The first-order chi connectivity index (χ1) is 11.6. The largest absolute Gasteiger partial charge is 0.454 e. The van der Waals surface area contributed by atoms with Gasteiger partial charge in [0, 0.05) is 17.3 Å². The average molecular weight is 346 g/mol. The molecule has 0 saturated heterocycles. The number of nitrogens with one attached hydrogen (secondary N) is 2. The number of amides is 1. The molecule has 24 heavy (non-hydrogen) atoms. The molecule has 1 aliphatic heterocycles. The molecule has 2 N–H and O–H groups in total. The SMILES string of the molecule is Cc1ccccc1NCC(=O)NN=Cc1cc2c(cc1Cl)OCO2. The number of halogens is 1. The number of aryl methyl sites for hydroxylation is 1. The summed E-state index contributed by atoms with van der Waals surface area (Å²) in [7, 11) is 0. The van der Waals surface area contributed by atoms with Crippen LogP contribution in [0.2, 0.25) is 5.02 Å². The number of hydrogen-bond acceptors (Lipinski definition) is 5. The van der Waals surface area contributed by atoms with Crippen molar-refractivity contribution in [3.05, 3.63) is 52.5 Å². The smallest absolute Gasteiger partial charge is 0.259 e. The van der Waals surface area contributed by atoms with E-state index < -0.39 is 0 Å².